The number of aromatic nitrogens is 2. The molecule has 4 rings (SSSR count). The number of phenolic OH excluding ortho intramolecular Hbond substituents is 1. The smallest absolute Gasteiger partial charge is 0.330 e. The molecule has 15 nitrogen and oxygen atoms in total. The lowest BCUT2D eigenvalue weighted by Crippen LogP contribution is -2.52. The molecule has 2 aliphatic heterocycles. The summed E-state index contributed by atoms with van der Waals surface area (Å²) in [6.07, 6.45) is -7.70. The van der Waals surface area contributed by atoms with Crippen molar-refractivity contribution in [2.75, 3.05) is 12.4 Å². The molecule has 3 heterocycles. The molecular formula is C24H28N4O11. The first-order valence-electron chi connectivity index (χ1n) is 11.8. The number of H-pyrrole nitrogens is 1. The van der Waals surface area contributed by atoms with Gasteiger partial charge >= 0.3 is 5.69 Å². The molecule has 0 aliphatic carbocycles. The molecule has 1 fully saturated rings. The number of aromatic hydroxyl groups is 1. The van der Waals surface area contributed by atoms with Crippen molar-refractivity contribution in [3.8, 4) is 5.75 Å². The van der Waals surface area contributed by atoms with Crippen LogP contribution in [-0.4, -0.2) is 80.6 Å². The van der Waals surface area contributed by atoms with Gasteiger partial charge in [0.1, 0.15) is 30.2 Å². The number of anilines is 1. The van der Waals surface area contributed by atoms with Crippen molar-refractivity contribution in [2.24, 2.45) is 11.7 Å². The van der Waals surface area contributed by atoms with Crippen LogP contribution in [0.4, 0.5) is 5.69 Å². The van der Waals surface area contributed by atoms with Crippen LogP contribution in [0.5, 0.6) is 5.75 Å². The Morgan fingerprint density at radius 3 is 2.59 bits per heavy atom. The van der Waals surface area contributed by atoms with Crippen molar-refractivity contribution in [2.45, 2.75) is 50.0 Å². The molecule has 2 aliphatic rings. The van der Waals surface area contributed by atoms with Crippen LogP contribution in [0, 0.1) is 5.92 Å². The summed E-state index contributed by atoms with van der Waals surface area (Å²) in [5.74, 6) is -2.79. The summed E-state index contributed by atoms with van der Waals surface area (Å²) in [5, 5.41) is 33.7. The number of aliphatic hydroxyl groups excluding tert-OH is 2. The fourth-order valence-electron chi connectivity index (χ4n) is 4.33. The normalized spacial score (nSPS) is 29.2. The fraction of sp³-hybridized carbons (Fsp3) is 0.417. The van der Waals surface area contributed by atoms with Crippen LogP contribution in [0.2, 0.25) is 0 Å². The molecule has 39 heavy (non-hydrogen) atoms. The molecule has 1 saturated heterocycles. The highest BCUT2D eigenvalue weighted by Crippen LogP contribution is 2.34. The number of primary amides is 1. The number of carbonyl (C=O) groups is 2. The van der Waals surface area contributed by atoms with Gasteiger partial charge in [-0.1, -0.05) is 13.0 Å². The number of amides is 2. The first-order valence-corrected chi connectivity index (χ1v) is 11.8. The lowest BCUT2D eigenvalue weighted by Gasteiger charge is -2.35. The molecule has 15 heteroatoms. The van der Waals surface area contributed by atoms with E-state index in [1.165, 1.54) is 37.5 Å². The Morgan fingerprint density at radius 2 is 1.95 bits per heavy atom. The maximum Gasteiger partial charge on any atom is 0.330 e. The van der Waals surface area contributed by atoms with Crippen molar-refractivity contribution in [3.05, 3.63) is 69.2 Å². The minimum atomic E-state index is -1.69. The first kappa shape index (κ1) is 28.0. The number of aromatic amines is 1. The molecule has 210 valence electrons. The minimum Gasteiger partial charge on any atom is -0.508 e. The highest BCUT2D eigenvalue weighted by molar-refractivity contribution is 6.02. The predicted octanol–water partition coefficient (Wildman–Crippen LogP) is -1.74. The lowest BCUT2D eigenvalue weighted by atomic mass is 10.00. The van der Waals surface area contributed by atoms with Gasteiger partial charge in [0.05, 0.1) is 0 Å². The summed E-state index contributed by atoms with van der Waals surface area (Å²) < 4.78 is 23.2. The number of methoxy groups -OCH3 is 1. The Hall–Kier alpha value is -4.02. The molecule has 0 radical (unpaired) electrons. The number of ether oxygens (including phenoxy) is 4. The SMILES string of the molecule is CO[C@H]1[C@@H](O)[C@H](n2ccc(=O)[nH]c2=O)O[C@@H]1[C@@H](O[C@H]1OC(C(=O)Nc2cccc(O)c2)=C[C@H](C)[C@@H]1O)C(N)=O. The van der Waals surface area contributed by atoms with Gasteiger partial charge in [-0.2, -0.15) is 0 Å². The van der Waals surface area contributed by atoms with Gasteiger partial charge in [-0.05, 0) is 18.2 Å². The van der Waals surface area contributed by atoms with Gasteiger partial charge in [-0.15, -0.1) is 0 Å². The molecule has 0 saturated carbocycles. The molecule has 0 spiro atoms. The number of phenols is 1. The van der Waals surface area contributed by atoms with E-state index < -0.39 is 72.0 Å². The van der Waals surface area contributed by atoms with Gasteiger partial charge in [-0.25, -0.2) is 4.79 Å². The Balaban J connectivity index is 1.55. The van der Waals surface area contributed by atoms with E-state index in [9.17, 15) is 34.5 Å². The number of nitrogens with zero attached hydrogens (tertiary/aromatic N) is 1. The van der Waals surface area contributed by atoms with Crippen molar-refractivity contribution in [1.82, 2.24) is 9.55 Å². The van der Waals surface area contributed by atoms with Crippen molar-refractivity contribution < 1.29 is 43.9 Å². The van der Waals surface area contributed by atoms with E-state index in [0.717, 1.165) is 16.8 Å². The molecule has 1 aromatic carbocycles. The third-order valence-corrected chi connectivity index (χ3v) is 6.31. The average Bonchev–Trinajstić information content (AvgIpc) is 3.19. The van der Waals surface area contributed by atoms with Crippen molar-refractivity contribution >= 4 is 17.5 Å². The largest absolute Gasteiger partial charge is 0.508 e. The van der Waals surface area contributed by atoms with Crippen LogP contribution in [0.25, 0.3) is 0 Å². The Morgan fingerprint density at radius 1 is 1.21 bits per heavy atom. The molecule has 2 aromatic rings. The van der Waals surface area contributed by atoms with Crippen LogP contribution in [0.3, 0.4) is 0 Å². The van der Waals surface area contributed by atoms with Gasteiger partial charge in [-0.3, -0.25) is 23.9 Å². The number of hydrogen-bond acceptors (Lipinski definition) is 11. The number of carbonyl (C=O) groups excluding carboxylic acids is 2. The summed E-state index contributed by atoms with van der Waals surface area (Å²) >= 11 is 0. The molecule has 0 unspecified atom stereocenters. The summed E-state index contributed by atoms with van der Waals surface area (Å²) in [4.78, 5) is 51.0. The number of nitrogens with two attached hydrogens (primary N) is 1. The topological polar surface area (TPSA) is 225 Å². The standard InChI is InChI=1S/C24H28N4O11/c1-10-8-13(21(34)26-11-4-3-5-12(29)9-11)37-23(15(10)31)39-19(20(25)33)18-17(36-2)16(32)22(38-18)28-7-6-14(30)27-24(28)35/h3-10,15-19,22-23,29,31-32H,1-2H3,(H2,25,33)(H,26,34)(H,27,30,35)/t10-,15-,16+,17-,18-,19+,22+,23+/m0/s1. The van der Waals surface area contributed by atoms with Gasteiger partial charge < -0.3 is 45.3 Å². The van der Waals surface area contributed by atoms with E-state index in [1.54, 1.807) is 6.92 Å². The Kier molecular flexibility index (Phi) is 8.17. The second-order valence-corrected chi connectivity index (χ2v) is 9.03. The zero-order chi connectivity index (χ0) is 28.4. The number of nitrogens with one attached hydrogen (secondary N) is 2. The summed E-state index contributed by atoms with van der Waals surface area (Å²) in [6, 6.07) is 6.83. The fourth-order valence-corrected chi connectivity index (χ4v) is 4.33. The van der Waals surface area contributed by atoms with E-state index in [0.29, 0.717) is 0 Å². The highest BCUT2D eigenvalue weighted by Gasteiger charge is 2.52. The van der Waals surface area contributed by atoms with Gasteiger partial charge in [0.15, 0.2) is 18.1 Å². The third kappa shape index (κ3) is 5.86. The van der Waals surface area contributed by atoms with Gasteiger partial charge in [0.2, 0.25) is 12.2 Å². The molecular weight excluding hydrogens is 520 g/mol. The zero-order valence-electron chi connectivity index (χ0n) is 20.8. The summed E-state index contributed by atoms with van der Waals surface area (Å²) in [6.45, 7) is 1.58. The predicted molar refractivity (Wildman–Crippen MR) is 131 cm³/mol. The number of benzene rings is 1. The van der Waals surface area contributed by atoms with Crippen LogP contribution >= 0.6 is 0 Å². The highest BCUT2D eigenvalue weighted by atomic mass is 16.7. The third-order valence-electron chi connectivity index (χ3n) is 6.31. The van der Waals surface area contributed by atoms with Crippen LogP contribution in [0.15, 0.2) is 58.0 Å². The van der Waals surface area contributed by atoms with E-state index in [4.69, 9.17) is 24.7 Å². The lowest BCUT2D eigenvalue weighted by molar-refractivity contribution is -0.234. The second-order valence-electron chi connectivity index (χ2n) is 9.03. The van der Waals surface area contributed by atoms with E-state index in [-0.39, 0.29) is 17.2 Å². The maximum absolute atomic E-state index is 12.8. The Bertz CT molecular complexity index is 1370. The van der Waals surface area contributed by atoms with Crippen LogP contribution < -0.4 is 22.3 Å². The molecule has 7 N–H and O–H groups in total. The van der Waals surface area contributed by atoms with Gasteiger partial charge in [0, 0.05) is 37.0 Å². The molecule has 2 amide bonds. The quantitative estimate of drug-likeness (QED) is 0.217. The summed E-state index contributed by atoms with van der Waals surface area (Å²) in [5.41, 5.74) is 4.29. The van der Waals surface area contributed by atoms with Crippen molar-refractivity contribution in [3.63, 3.8) is 0 Å². The Labute approximate surface area is 220 Å². The van der Waals surface area contributed by atoms with E-state index in [2.05, 4.69) is 5.32 Å². The molecule has 0 bridgehead atoms. The molecule has 1 aromatic heterocycles. The van der Waals surface area contributed by atoms with Crippen LogP contribution in [0.1, 0.15) is 13.2 Å². The monoisotopic (exact) mass is 548 g/mol. The first-order chi connectivity index (χ1) is 18.5. The zero-order valence-corrected chi connectivity index (χ0v) is 20.8. The van der Waals surface area contributed by atoms with Crippen molar-refractivity contribution in [1.29, 1.82) is 0 Å². The summed E-state index contributed by atoms with van der Waals surface area (Å²) in [7, 11) is 1.22. The van der Waals surface area contributed by atoms with Gasteiger partial charge in [0.25, 0.3) is 11.5 Å². The second kappa shape index (κ2) is 11.4. The maximum atomic E-state index is 12.8. The number of aliphatic hydroxyl groups is 2. The van der Waals surface area contributed by atoms with Crippen LogP contribution in [-0.2, 0) is 28.5 Å². The number of rotatable bonds is 8. The minimum absolute atomic E-state index is 0.0745. The molecule has 8 atom stereocenters. The van der Waals surface area contributed by atoms with E-state index in [1.807, 2.05) is 4.98 Å². The number of hydrogen-bond donors (Lipinski definition) is 6. The average molecular weight is 549 g/mol. The van der Waals surface area contributed by atoms with E-state index >= 15 is 0 Å².